The largest absolute Gasteiger partial charge is 0.496 e. The average Bonchev–Trinajstić information content (AvgIpc) is 3.25. The Morgan fingerprint density at radius 3 is 2.61 bits per heavy atom. The van der Waals surface area contributed by atoms with Gasteiger partial charge in [-0.2, -0.15) is 0 Å². The van der Waals surface area contributed by atoms with Gasteiger partial charge in [0.1, 0.15) is 5.75 Å². The average molecular weight is 391 g/mol. The lowest BCUT2D eigenvalue weighted by molar-refractivity contribution is 0.192. The maximum atomic E-state index is 5.64. The minimum absolute atomic E-state index is 0.246. The number of hydrogen-bond acceptors (Lipinski definition) is 4. The Kier molecular flexibility index (Phi) is 10.8. The molecule has 0 aromatic heterocycles. The lowest BCUT2D eigenvalue weighted by atomic mass is 10.0. The molecule has 1 aliphatic rings. The van der Waals surface area contributed by atoms with Crippen LogP contribution in [0.5, 0.6) is 5.75 Å². The molecular formula is C22H38N4O2. The zero-order chi connectivity index (χ0) is 20.0. The van der Waals surface area contributed by atoms with Gasteiger partial charge in [-0.3, -0.25) is 9.89 Å². The van der Waals surface area contributed by atoms with E-state index in [1.54, 1.807) is 14.2 Å². The normalized spacial score (nSPS) is 16.2. The highest BCUT2D eigenvalue weighted by Gasteiger charge is 2.25. The highest BCUT2D eigenvalue weighted by Crippen LogP contribution is 2.31. The third-order valence-electron chi connectivity index (χ3n) is 5.16. The molecule has 2 N–H and O–H groups in total. The molecular weight excluding hydrogens is 352 g/mol. The second-order valence-electron chi connectivity index (χ2n) is 7.20. The van der Waals surface area contributed by atoms with Gasteiger partial charge >= 0.3 is 0 Å². The monoisotopic (exact) mass is 390 g/mol. The molecule has 0 radical (unpaired) electrons. The molecule has 1 aromatic rings. The first-order chi connectivity index (χ1) is 13.8. The number of benzene rings is 1. The fourth-order valence-corrected chi connectivity index (χ4v) is 3.68. The smallest absolute Gasteiger partial charge is 0.191 e. The molecule has 1 atom stereocenters. The molecule has 158 valence electrons. The highest BCUT2D eigenvalue weighted by molar-refractivity contribution is 5.79. The summed E-state index contributed by atoms with van der Waals surface area (Å²) in [6.45, 7) is 7.71. The Labute approximate surface area is 170 Å². The molecule has 1 heterocycles. The van der Waals surface area contributed by atoms with Gasteiger partial charge in [0.25, 0.3) is 0 Å². The van der Waals surface area contributed by atoms with E-state index in [0.29, 0.717) is 0 Å². The minimum atomic E-state index is 0.246. The molecule has 2 rings (SSSR count). The topological polar surface area (TPSA) is 58.1 Å². The SMILES string of the molecule is CCNC(=NCC(c1ccccc1OC)N1CCCC1)NCCCCCOC. The van der Waals surface area contributed by atoms with Crippen molar-refractivity contribution in [3.05, 3.63) is 29.8 Å². The summed E-state index contributed by atoms with van der Waals surface area (Å²) in [6, 6.07) is 8.59. The Bertz CT molecular complexity index is 573. The summed E-state index contributed by atoms with van der Waals surface area (Å²) in [6.07, 6.45) is 5.91. The Morgan fingerprint density at radius 1 is 1.11 bits per heavy atom. The van der Waals surface area contributed by atoms with Crippen LogP contribution >= 0.6 is 0 Å². The molecule has 1 saturated heterocycles. The van der Waals surface area contributed by atoms with E-state index in [1.807, 2.05) is 12.1 Å². The molecule has 1 unspecified atom stereocenters. The molecule has 28 heavy (non-hydrogen) atoms. The van der Waals surface area contributed by atoms with E-state index in [-0.39, 0.29) is 6.04 Å². The molecule has 0 saturated carbocycles. The van der Waals surface area contributed by atoms with Gasteiger partial charge in [-0.25, -0.2) is 0 Å². The van der Waals surface area contributed by atoms with Crippen LogP contribution in [-0.4, -0.2) is 64.4 Å². The van der Waals surface area contributed by atoms with Crippen LogP contribution in [0.15, 0.2) is 29.3 Å². The van der Waals surface area contributed by atoms with Gasteiger partial charge in [-0.15, -0.1) is 0 Å². The van der Waals surface area contributed by atoms with Crippen molar-refractivity contribution in [2.24, 2.45) is 4.99 Å². The fraction of sp³-hybridized carbons (Fsp3) is 0.682. The highest BCUT2D eigenvalue weighted by atomic mass is 16.5. The van der Waals surface area contributed by atoms with Crippen LogP contribution in [-0.2, 0) is 4.74 Å². The fourth-order valence-electron chi connectivity index (χ4n) is 3.68. The lowest BCUT2D eigenvalue weighted by Crippen LogP contribution is -2.39. The standard InChI is InChI=1S/C22H38N4O2/c1-4-23-22(24-14-8-5-11-17-27-2)25-18-20(26-15-9-10-16-26)19-12-6-7-13-21(19)28-3/h6-7,12-13,20H,4-5,8-11,14-18H2,1-3H3,(H2,23,24,25). The van der Waals surface area contributed by atoms with Crippen molar-refractivity contribution in [3.8, 4) is 5.75 Å². The van der Waals surface area contributed by atoms with Crippen LogP contribution < -0.4 is 15.4 Å². The number of guanidine groups is 1. The summed E-state index contributed by atoms with van der Waals surface area (Å²) >= 11 is 0. The molecule has 1 aromatic carbocycles. The number of nitrogens with zero attached hydrogens (tertiary/aromatic N) is 2. The molecule has 6 nitrogen and oxygen atoms in total. The zero-order valence-corrected chi connectivity index (χ0v) is 17.9. The number of para-hydroxylation sites is 1. The zero-order valence-electron chi connectivity index (χ0n) is 17.9. The lowest BCUT2D eigenvalue weighted by Gasteiger charge is -2.28. The molecule has 6 heteroatoms. The summed E-state index contributed by atoms with van der Waals surface area (Å²) in [5, 5.41) is 6.85. The number of methoxy groups -OCH3 is 2. The number of aliphatic imine (C=N–C) groups is 1. The number of hydrogen-bond donors (Lipinski definition) is 2. The van der Waals surface area contributed by atoms with Gasteiger partial charge in [-0.05, 0) is 58.2 Å². The minimum Gasteiger partial charge on any atom is -0.496 e. The van der Waals surface area contributed by atoms with Crippen LogP contribution in [0.25, 0.3) is 0 Å². The van der Waals surface area contributed by atoms with Crippen molar-refractivity contribution in [1.82, 2.24) is 15.5 Å². The van der Waals surface area contributed by atoms with Crippen LogP contribution in [0, 0.1) is 0 Å². The van der Waals surface area contributed by atoms with Crippen molar-refractivity contribution in [2.45, 2.75) is 45.1 Å². The summed E-state index contributed by atoms with van der Waals surface area (Å²) in [7, 11) is 3.51. The van der Waals surface area contributed by atoms with Gasteiger partial charge in [0, 0.05) is 32.4 Å². The molecule has 0 spiro atoms. The van der Waals surface area contributed by atoms with E-state index in [1.165, 1.54) is 18.4 Å². The summed E-state index contributed by atoms with van der Waals surface area (Å²) in [4.78, 5) is 7.45. The number of rotatable bonds is 12. The Morgan fingerprint density at radius 2 is 1.89 bits per heavy atom. The van der Waals surface area contributed by atoms with E-state index in [4.69, 9.17) is 14.5 Å². The van der Waals surface area contributed by atoms with E-state index in [9.17, 15) is 0 Å². The van der Waals surface area contributed by atoms with Gasteiger partial charge in [0.2, 0.25) is 0 Å². The maximum absolute atomic E-state index is 5.64. The van der Waals surface area contributed by atoms with Crippen molar-refractivity contribution >= 4 is 5.96 Å². The number of nitrogens with one attached hydrogen (secondary N) is 2. The number of ether oxygens (including phenoxy) is 2. The van der Waals surface area contributed by atoms with Crippen molar-refractivity contribution in [1.29, 1.82) is 0 Å². The van der Waals surface area contributed by atoms with Crippen LogP contribution in [0.4, 0.5) is 0 Å². The van der Waals surface area contributed by atoms with Crippen LogP contribution in [0.1, 0.15) is 50.6 Å². The third kappa shape index (κ3) is 7.32. The first-order valence-electron chi connectivity index (χ1n) is 10.7. The molecule has 1 fully saturated rings. The van der Waals surface area contributed by atoms with E-state index >= 15 is 0 Å². The van der Waals surface area contributed by atoms with Crippen LogP contribution in [0.3, 0.4) is 0 Å². The third-order valence-corrected chi connectivity index (χ3v) is 5.16. The van der Waals surface area contributed by atoms with Crippen LogP contribution in [0.2, 0.25) is 0 Å². The van der Waals surface area contributed by atoms with E-state index in [0.717, 1.165) is 70.3 Å². The molecule has 1 aliphatic heterocycles. The molecule has 0 aliphatic carbocycles. The van der Waals surface area contributed by atoms with E-state index < -0.39 is 0 Å². The maximum Gasteiger partial charge on any atom is 0.191 e. The second-order valence-corrected chi connectivity index (χ2v) is 7.20. The Balaban J connectivity index is 2.01. The number of unbranched alkanes of at least 4 members (excludes halogenated alkanes) is 2. The van der Waals surface area contributed by atoms with Gasteiger partial charge in [-0.1, -0.05) is 18.2 Å². The van der Waals surface area contributed by atoms with Gasteiger partial charge in [0.15, 0.2) is 5.96 Å². The second kappa shape index (κ2) is 13.4. The number of likely N-dealkylation sites (tertiary alicyclic amines) is 1. The van der Waals surface area contributed by atoms with E-state index in [2.05, 4.69) is 34.6 Å². The van der Waals surface area contributed by atoms with Crippen molar-refractivity contribution in [2.75, 3.05) is 53.6 Å². The van der Waals surface area contributed by atoms with Crippen molar-refractivity contribution < 1.29 is 9.47 Å². The Hall–Kier alpha value is -1.79. The quantitative estimate of drug-likeness (QED) is 0.326. The predicted molar refractivity (Wildman–Crippen MR) is 116 cm³/mol. The van der Waals surface area contributed by atoms with Gasteiger partial charge in [0.05, 0.1) is 19.7 Å². The first-order valence-corrected chi connectivity index (χ1v) is 10.7. The summed E-state index contributed by atoms with van der Waals surface area (Å²) in [5.74, 6) is 1.85. The molecule has 0 bridgehead atoms. The summed E-state index contributed by atoms with van der Waals surface area (Å²) < 4.78 is 10.7. The predicted octanol–water partition coefficient (Wildman–Crippen LogP) is 3.20. The summed E-state index contributed by atoms with van der Waals surface area (Å²) in [5.41, 5.74) is 1.23. The van der Waals surface area contributed by atoms with Gasteiger partial charge < -0.3 is 20.1 Å². The molecule has 0 amide bonds. The first kappa shape index (κ1) is 22.5. The van der Waals surface area contributed by atoms with Crippen molar-refractivity contribution in [3.63, 3.8) is 0 Å².